The van der Waals surface area contributed by atoms with Crippen molar-refractivity contribution in [1.29, 1.82) is 0 Å². The average molecular weight is 339 g/mol. The number of hydrogen-bond donors (Lipinski definition) is 1. The molecule has 4 nitrogen and oxygen atoms in total. The van der Waals surface area contributed by atoms with E-state index in [-0.39, 0.29) is 30.3 Å². The second-order valence-corrected chi connectivity index (χ2v) is 6.57. The second-order valence-electron chi connectivity index (χ2n) is 6.57. The van der Waals surface area contributed by atoms with E-state index in [1.807, 2.05) is 23.1 Å². The van der Waals surface area contributed by atoms with E-state index < -0.39 is 0 Å². The van der Waals surface area contributed by atoms with Crippen LogP contribution in [0.5, 0.6) is 0 Å². The van der Waals surface area contributed by atoms with Crippen molar-refractivity contribution in [2.24, 2.45) is 11.7 Å². The summed E-state index contributed by atoms with van der Waals surface area (Å²) in [4.78, 5) is 14.4. The predicted molar refractivity (Wildman–Crippen MR) is 93.8 cm³/mol. The Labute approximate surface area is 144 Å². The largest absolute Gasteiger partial charge is 0.381 e. The van der Waals surface area contributed by atoms with E-state index in [0.717, 1.165) is 39.0 Å². The number of carbonyl (C=O) groups excluding carboxylic acids is 1. The molecule has 1 aromatic rings. The van der Waals surface area contributed by atoms with Crippen LogP contribution < -0.4 is 5.73 Å². The lowest BCUT2D eigenvalue weighted by atomic mass is 9.94. The lowest BCUT2D eigenvalue weighted by Gasteiger charge is -2.23. The maximum Gasteiger partial charge on any atom is 0.222 e. The number of rotatable bonds is 4. The lowest BCUT2D eigenvalue weighted by molar-refractivity contribution is -0.130. The van der Waals surface area contributed by atoms with E-state index in [1.54, 1.807) is 0 Å². The van der Waals surface area contributed by atoms with Crippen molar-refractivity contribution < 1.29 is 9.53 Å². The molecule has 0 spiro atoms. The topological polar surface area (TPSA) is 55.6 Å². The van der Waals surface area contributed by atoms with Crippen molar-refractivity contribution in [3.63, 3.8) is 0 Å². The van der Waals surface area contributed by atoms with Crippen molar-refractivity contribution in [1.82, 2.24) is 4.90 Å². The van der Waals surface area contributed by atoms with Gasteiger partial charge in [-0.2, -0.15) is 0 Å². The van der Waals surface area contributed by atoms with Crippen LogP contribution in [0.1, 0.15) is 37.2 Å². The molecule has 0 aliphatic carbocycles. The Morgan fingerprint density at radius 3 is 2.57 bits per heavy atom. The first-order valence-corrected chi connectivity index (χ1v) is 8.40. The highest BCUT2D eigenvalue weighted by Crippen LogP contribution is 2.27. The number of nitrogens with zero attached hydrogens (tertiary/aromatic N) is 1. The van der Waals surface area contributed by atoms with E-state index in [9.17, 15) is 4.79 Å². The van der Waals surface area contributed by atoms with Crippen LogP contribution >= 0.6 is 12.4 Å². The van der Waals surface area contributed by atoms with Crippen LogP contribution in [0.15, 0.2) is 30.3 Å². The molecule has 1 aromatic carbocycles. The molecular weight excluding hydrogens is 312 g/mol. The zero-order valence-electron chi connectivity index (χ0n) is 13.5. The first-order valence-electron chi connectivity index (χ1n) is 8.40. The van der Waals surface area contributed by atoms with Crippen molar-refractivity contribution in [3.8, 4) is 0 Å². The number of carbonyl (C=O) groups is 1. The third kappa shape index (κ3) is 4.69. The zero-order chi connectivity index (χ0) is 15.4. The molecule has 2 aliphatic rings. The third-order valence-electron chi connectivity index (χ3n) is 5.05. The summed E-state index contributed by atoms with van der Waals surface area (Å²) in [7, 11) is 0. The maximum atomic E-state index is 12.4. The Hall–Kier alpha value is -1.10. The fourth-order valence-electron chi connectivity index (χ4n) is 3.61. The van der Waals surface area contributed by atoms with E-state index in [4.69, 9.17) is 10.5 Å². The molecule has 0 radical (unpaired) electrons. The summed E-state index contributed by atoms with van der Waals surface area (Å²) in [5.41, 5.74) is 7.51. The summed E-state index contributed by atoms with van der Waals surface area (Å²) in [6.07, 6.45) is 3.84. The minimum Gasteiger partial charge on any atom is -0.381 e. The molecule has 2 fully saturated rings. The van der Waals surface area contributed by atoms with Gasteiger partial charge in [0, 0.05) is 44.7 Å². The molecule has 0 unspecified atom stereocenters. The van der Waals surface area contributed by atoms with Gasteiger partial charge in [-0.25, -0.2) is 0 Å². The number of benzene rings is 1. The van der Waals surface area contributed by atoms with Gasteiger partial charge in [0.2, 0.25) is 5.91 Å². The first kappa shape index (κ1) is 18.2. The molecule has 3 rings (SSSR count). The number of likely N-dealkylation sites (tertiary alicyclic amines) is 1. The second kappa shape index (κ2) is 8.67. The molecule has 5 heteroatoms. The Bertz CT molecular complexity index is 491. The summed E-state index contributed by atoms with van der Waals surface area (Å²) >= 11 is 0. The van der Waals surface area contributed by atoms with Gasteiger partial charge < -0.3 is 15.4 Å². The molecule has 2 aliphatic heterocycles. The van der Waals surface area contributed by atoms with Crippen LogP contribution in [0.2, 0.25) is 0 Å². The summed E-state index contributed by atoms with van der Waals surface area (Å²) in [5.74, 6) is 1.19. The molecule has 2 heterocycles. The van der Waals surface area contributed by atoms with Gasteiger partial charge in [-0.1, -0.05) is 30.3 Å². The van der Waals surface area contributed by atoms with Gasteiger partial charge in [0.25, 0.3) is 0 Å². The van der Waals surface area contributed by atoms with Crippen molar-refractivity contribution in [2.75, 3.05) is 26.3 Å². The van der Waals surface area contributed by atoms with Crippen LogP contribution in [0.4, 0.5) is 0 Å². The zero-order valence-corrected chi connectivity index (χ0v) is 14.3. The first-order chi connectivity index (χ1) is 10.7. The van der Waals surface area contributed by atoms with Crippen LogP contribution in [0, 0.1) is 5.92 Å². The Morgan fingerprint density at radius 1 is 1.17 bits per heavy atom. The third-order valence-corrected chi connectivity index (χ3v) is 5.05. The molecule has 0 aromatic heterocycles. The molecule has 23 heavy (non-hydrogen) atoms. The van der Waals surface area contributed by atoms with Crippen LogP contribution in [0.25, 0.3) is 0 Å². The summed E-state index contributed by atoms with van der Waals surface area (Å²) in [6, 6.07) is 10.4. The van der Waals surface area contributed by atoms with Crippen molar-refractivity contribution in [2.45, 2.75) is 37.6 Å². The monoisotopic (exact) mass is 338 g/mol. The number of nitrogens with two attached hydrogens (primary N) is 1. The van der Waals surface area contributed by atoms with E-state index in [1.165, 1.54) is 5.56 Å². The van der Waals surface area contributed by atoms with Crippen LogP contribution in [0.3, 0.4) is 0 Å². The Balaban J connectivity index is 0.00000192. The molecule has 2 saturated heterocycles. The molecular formula is C18H27ClN2O2. The molecule has 1 amide bonds. The van der Waals surface area contributed by atoms with Gasteiger partial charge in [-0.3, -0.25) is 4.79 Å². The number of amides is 1. The quantitative estimate of drug-likeness (QED) is 0.918. The fourth-order valence-corrected chi connectivity index (χ4v) is 3.61. The number of hydrogen-bond acceptors (Lipinski definition) is 3. The SMILES string of the molecule is Cl.N[C@@H]1CN(C(=O)CCC2CCOCC2)C[C@H]1c1ccccc1. The molecule has 2 atom stereocenters. The summed E-state index contributed by atoms with van der Waals surface area (Å²) in [5, 5.41) is 0. The Morgan fingerprint density at radius 2 is 1.87 bits per heavy atom. The highest BCUT2D eigenvalue weighted by Gasteiger charge is 2.33. The molecule has 0 saturated carbocycles. The Kier molecular flexibility index (Phi) is 6.88. The van der Waals surface area contributed by atoms with Crippen molar-refractivity contribution in [3.05, 3.63) is 35.9 Å². The fraction of sp³-hybridized carbons (Fsp3) is 0.611. The molecule has 2 N–H and O–H groups in total. The normalized spacial score (nSPS) is 25.2. The number of halogens is 1. The van der Waals surface area contributed by atoms with Gasteiger partial charge in [0.05, 0.1) is 0 Å². The smallest absolute Gasteiger partial charge is 0.222 e. The number of ether oxygens (including phenoxy) is 1. The highest BCUT2D eigenvalue weighted by atomic mass is 35.5. The van der Waals surface area contributed by atoms with Gasteiger partial charge in [0.15, 0.2) is 0 Å². The summed E-state index contributed by atoms with van der Waals surface area (Å²) < 4.78 is 5.37. The van der Waals surface area contributed by atoms with Crippen LogP contribution in [-0.4, -0.2) is 43.2 Å². The maximum absolute atomic E-state index is 12.4. The van der Waals surface area contributed by atoms with Gasteiger partial charge >= 0.3 is 0 Å². The standard InChI is InChI=1S/C18H26N2O2.ClH/c19-17-13-20(12-16(17)15-4-2-1-3-5-15)18(21)7-6-14-8-10-22-11-9-14;/h1-5,14,16-17H,6-13,19H2;1H/t16-,17+;/m0./s1. The van der Waals surface area contributed by atoms with E-state index in [2.05, 4.69) is 12.1 Å². The van der Waals surface area contributed by atoms with Gasteiger partial charge in [0.1, 0.15) is 0 Å². The van der Waals surface area contributed by atoms with Gasteiger partial charge in [-0.05, 0) is 30.7 Å². The lowest BCUT2D eigenvalue weighted by Crippen LogP contribution is -2.32. The minimum atomic E-state index is 0. The minimum absolute atomic E-state index is 0. The van der Waals surface area contributed by atoms with E-state index in [0.29, 0.717) is 18.9 Å². The van der Waals surface area contributed by atoms with Gasteiger partial charge in [-0.15, -0.1) is 12.4 Å². The van der Waals surface area contributed by atoms with Crippen LogP contribution in [-0.2, 0) is 9.53 Å². The average Bonchev–Trinajstić information content (AvgIpc) is 2.96. The van der Waals surface area contributed by atoms with Crippen molar-refractivity contribution >= 4 is 18.3 Å². The predicted octanol–water partition coefficient (Wildman–Crippen LogP) is 2.57. The summed E-state index contributed by atoms with van der Waals surface area (Å²) in [6.45, 7) is 3.15. The van der Waals surface area contributed by atoms with E-state index >= 15 is 0 Å². The highest BCUT2D eigenvalue weighted by molar-refractivity contribution is 5.85. The molecule has 128 valence electrons. The molecule has 0 bridgehead atoms.